The highest BCUT2D eigenvalue weighted by Gasteiger charge is 2.19. The summed E-state index contributed by atoms with van der Waals surface area (Å²) in [5.74, 6) is -0.645. The van der Waals surface area contributed by atoms with Crippen LogP contribution in [-0.2, 0) is 4.79 Å². The number of rotatable bonds is 4. The van der Waals surface area contributed by atoms with E-state index in [0.29, 0.717) is 5.69 Å². The molecule has 0 unspecified atom stereocenters. The lowest BCUT2D eigenvalue weighted by Crippen LogP contribution is -2.33. The van der Waals surface area contributed by atoms with Gasteiger partial charge in [0.2, 0.25) is 0 Å². The maximum absolute atomic E-state index is 13.1. The first-order valence-electron chi connectivity index (χ1n) is 8.03. The van der Waals surface area contributed by atoms with Crippen LogP contribution >= 0.6 is 0 Å². The van der Waals surface area contributed by atoms with Crippen molar-refractivity contribution in [3.8, 4) is 11.8 Å². The van der Waals surface area contributed by atoms with Crippen LogP contribution in [0.4, 0.5) is 4.39 Å². The molecular weight excluding hydrogens is 305 g/mol. The highest BCUT2D eigenvalue weighted by molar-refractivity contribution is 6.01. The molecule has 0 atom stereocenters. The zero-order valence-corrected chi connectivity index (χ0v) is 13.2. The van der Waals surface area contributed by atoms with Crippen molar-refractivity contribution >= 4 is 12.0 Å². The number of nitrogens with zero attached hydrogens (tertiary/aromatic N) is 2. The van der Waals surface area contributed by atoms with Crippen molar-refractivity contribution in [1.29, 1.82) is 5.26 Å². The second-order valence-corrected chi connectivity index (χ2v) is 5.90. The summed E-state index contributed by atoms with van der Waals surface area (Å²) in [4.78, 5) is 12.3. The predicted molar refractivity (Wildman–Crippen MR) is 89.7 cm³/mol. The highest BCUT2D eigenvalue weighted by Crippen LogP contribution is 2.19. The molecule has 122 valence electrons. The van der Waals surface area contributed by atoms with Crippen LogP contribution in [0.3, 0.4) is 0 Å². The number of carbonyl (C=O) groups excluding carboxylic acids is 1. The lowest BCUT2D eigenvalue weighted by molar-refractivity contribution is -0.117. The summed E-state index contributed by atoms with van der Waals surface area (Å²) >= 11 is 0. The fourth-order valence-electron chi connectivity index (χ4n) is 2.98. The molecule has 5 heteroatoms. The molecule has 1 aromatic carbocycles. The van der Waals surface area contributed by atoms with E-state index in [4.69, 9.17) is 0 Å². The smallest absolute Gasteiger partial charge is 0.262 e. The van der Waals surface area contributed by atoms with E-state index in [0.717, 1.165) is 31.4 Å². The van der Waals surface area contributed by atoms with Gasteiger partial charge in [0, 0.05) is 23.6 Å². The van der Waals surface area contributed by atoms with Crippen molar-refractivity contribution in [3.63, 3.8) is 0 Å². The number of hydrogen-bond donors (Lipinski definition) is 1. The molecule has 1 heterocycles. The van der Waals surface area contributed by atoms with Gasteiger partial charge in [-0.3, -0.25) is 4.79 Å². The zero-order valence-electron chi connectivity index (χ0n) is 13.2. The van der Waals surface area contributed by atoms with Crippen LogP contribution in [0.1, 0.15) is 31.4 Å². The van der Waals surface area contributed by atoms with Gasteiger partial charge in [-0.2, -0.15) is 5.26 Å². The van der Waals surface area contributed by atoms with Gasteiger partial charge in [-0.25, -0.2) is 4.39 Å². The Balaban J connectivity index is 1.84. The van der Waals surface area contributed by atoms with E-state index in [1.165, 1.54) is 12.1 Å². The third-order valence-corrected chi connectivity index (χ3v) is 4.23. The second-order valence-electron chi connectivity index (χ2n) is 5.90. The molecule has 1 amide bonds. The second kappa shape index (κ2) is 7.14. The fraction of sp³-hybridized carbons (Fsp3) is 0.263. The number of benzene rings is 1. The first-order chi connectivity index (χ1) is 11.7. The maximum Gasteiger partial charge on any atom is 0.262 e. The van der Waals surface area contributed by atoms with Crippen LogP contribution in [0.15, 0.2) is 48.2 Å². The van der Waals surface area contributed by atoms with Gasteiger partial charge in [-0.15, -0.1) is 0 Å². The van der Waals surface area contributed by atoms with E-state index in [2.05, 4.69) is 5.32 Å². The maximum atomic E-state index is 13.1. The Morgan fingerprint density at radius 2 is 1.96 bits per heavy atom. The summed E-state index contributed by atoms with van der Waals surface area (Å²) in [6.45, 7) is 0. The Morgan fingerprint density at radius 3 is 2.62 bits per heavy atom. The van der Waals surface area contributed by atoms with E-state index >= 15 is 0 Å². The van der Waals surface area contributed by atoms with E-state index < -0.39 is 0 Å². The SMILES string of the molecule is N#C/C(=C/c1cccn1-c1ccc(F)cc1)C(=O)NC1CCCC1. The molecule has 3 rings (SSSR count). The highest BCUT2D eigenvalue weighted by atomic mass is 19.1. The molecule has 0 aliphatic heterocycles. The van der Waals surface area contributed by atoms with Gasteiger partial charge in [-0.1, -0.05) is 12.8 Å². The van der Waals surface area contributed by atoms with Gasteiger partial charge in [0.25, 0.3) is 5.91 Å². The zero-order chi connectivity index (χ0) is 16.9. The first kappa shape index (κ1) is 16.0. The monoisotopic (exact) mass is 323 g/mol. The van der Waals surface area contributed by atoms with Gasteiger partial charge in [0.05, 0.1) is 0 Å². The molecule has 0 bridgehead atoms. The minimum Gasteiger partial charge on any atom is -0.349 e. The molecule has 0 radical (unpaired) electrons. The van der Waals surface area contributed by atoms with Crippen LogP contribution in [0, 0.1) is 17.1 Å². The summed E-state index contributed by atoms with van der Waals surface area (Å²) in [6, 6.07) is 11.8. The summed E-state index contributed by atoms with van der Waals surface area (Å²) in [5, 5.41) is 12.2. The molecule has 4 nitrogen and oxygen atoms in total. The number of aromatic nitrogens is 1. The van der Waals surface area contributed by atoms with Crippen molar-refractivity contribution in [2.75, 3.05) is 0 Å². The van der Waals surface area contributed by atoms with Crippen LogP contribution in [0.5, 0.6) is 0 Å². The van der Waals surface area contributed by atoms with Gasteiger partial charge in [-0.05, 0) is 55.3 Å². The van der Waals surface area contributed by atoms with E-state index in [-0.39, 0.29) is 23.3 Å². The summed E-state index contributed by atoms with van der Waals surface area (Å²) in [6.07, 6.45) is 7.54. The lowest BCUT2D eigenvalue weighted by Gasteiger charge is -2.11. The van der Waals surface area contributed by atoms with Crippen molar-refractivity contribution in [2.24, 2.45) is 0 Å². The van der Waals surface area contributed by atoms with Crippen LogP contribution in [0.25, 0.3) is 11.8 Å². The predicted octanol–water partition coefficient (Wildman–Crippen LogP) is 3.58. The van der Waals surface area contributed by atoms with Crippen LogP contribution < -0.4 is 5.32 Å². The molecule has 1 N–H and O–H groups in total. The molecule has 1 fully saturated rings. The van der Waals surface area contributed by atoms with E-state index in [9.17, 15) is 14.4 Å². The van der Waals surface area contributed by atoms with Gasteiger partial charge in [0.15, 0.2) is 0 Å². The van der Waals surface area contributed by atoms with Crippen LogP contribution in [-0.4, -0.2) is 16.5 Å². The molecule has 1 aliphatic rings. The number of halogens is 1. The fourth-order valence-corrected chi connectivity index (χ4v) is 2.98. The minimum absolute atomic E-state index is 0.0731. The van der Waals surface area contributed by atoms with Gasteiger partial charge >= 0.3 is 0 Å². The number of nitrogens with one attached hydrogen (secondary N) is 1. The molecule has 1 aromatic heterocycles. The quantitative estimate of drug-likeness (QED) is 0.690. The Hall–Kier alpha value is -2.87. The normalized spacial score (nSPS) is 15.2. The third kappa shape index (κ3) is 3.54. The van der Waals surface area contributed by atoms with Crippen LogP contribution in [0.2, 0.25) is 0 Å². The standard InChI is InChI=1S/C19H18FN3O/c20-15-7-9-17(10-8-15)23-11-3-6-18(23)12-14(13-21)19(24)22-16-4-1-2-5-16/h3,6-12,16H,1-2,4-5H2,(H,22,24)/b14-12-. The summed E-state index contributed by atoms with van der Waals surface area (Å²) < 4.78 is 14.9. The molecule has 2 aromatic rings. The average molecular weight is 323 g/mol. The van der Waals surface area contributed by atoms with E-state index in [1.54, 1.807) is 22.8 Å². The number of hydrogen-bond acceptors (Lipinski definition) is 2. The van der Waals surface area contributed by atoms with E-state index in [1.807, 2.05) is 24.4 Å². The molecular formula is C19H18FN3O. The largest absolute Gasteiger partial charge is 0.349 e. The summed E-state index contributed by atoms with van der Waals surface area (Å²) in [5.41, 5.74) is 1.53. The van der Waals surface area contributed by atoms with Crippen molar-refractivity contribution < 1.29 is 9.18 Å². The Morgan fingerprint density at radius 1 is 1.25 bits per heavy atom. The minimum atomic E-state index is -0.337. The molecule has 0 saturated heterocycles. The number of amides is 1. The molecule has 24 heavy (non-hydrogen) atoms. The topological polar surface area (TPSA) is 57.8 Å². The lowest BCUT2D eigenvalue weighted by atomic mass is 10.2. The van der Waals surface area contributed by atoms with Crippen molar-refractivity contribution in [1.82, 2.24) is 9.88 Å². The molecule has 1 aliphatic carbocycles. The summed E-state index contributed by atoms with van der Waals surface area (Å²) in [7, 11) is 0. The number of nitriles is 1. The van der Waals surface area contributed by atoms with Gasteiger partial charge < -0.3 is 9.88 Å². The third-order valence-electron chi connectivity index (χ3n) is 4.23. The molecule has 1 saturated carbocycles. The Bertz CT molecular complexity index is 793. The van der Waals surface area contributed by atoms with Crippen molar-refractivity contribution in [2.45, 2.75) is 31.7 Å². The van der Waals surface area contributed by atoms with Crippen molar-refractivity contribution in [3.05, 3.63) is 59.7 Å². The Labute approximate surface area is 140 Å². The molecule has 0 spiro atoms. The average Bonchev–Trinajstić information content (AvgIpc) is 3.25. The van der Waals surface area contributed by atoms with Gasteiger partial charge in [0.1, 0.15) is 17.5 Å². The number of carbonyl (C=O) groups is 1. The first-order valence-corrected chi connectivity index (χ1v) is 8.03. The Kier molecular flexibility index (Phi) is 4.76.